The van der Waals surface area contributed by atoms with Crippen molar-refractivity contribution >= 4 is 11.6 Å². The van der Waals surface area contributed by atoms with Gasteiger partial charge in [0.25, 0.3) is 0 Å². The van der Waals surface area contributed by atoms with Gasteiger partial charge in [-0.15, -0.1) is 0 Å². The summed E-state index contributed by atoms with van der Waals surface area (Å²) in [5, 5.41) is 3.99. The van der Waals surface area contributed by atoms with E-state index in [0.29, 0.717) is 5.02 Å². The third-order valence-corrected chi connectivity index (χ3v) is 3.14. The van der Waals surface area contributed by atoms with Gasteiger partial charge in [0.1, 0.15) is 11.5 Å². The second-order valence-electron chi connectivity index (χ2n) is 4.40. The monoisotopic (exact) mass is 275 g/mol. The quantitative estimate of drug-likeness (QED) is 0.864. The van der Waals surface area contributed by atoms with Crippen LogP contribution in [0.2, 0.25) is 5.02 Å². The van der Waals surface area contributed by atoms with Crippen molar-refractivity contribution in [2.24, 2.45) is 0 Å². The highest BCUT2D eigenvalue weighted by Crippen LogP contribution is 2.30. The van der Waals surface area contributed by atoms with Gasteiger partial charge in [-0.3, -0.25) is 0 Å². The highest BCUT2D eigenvalue weighted by molar-refractivity contribution is 6.30. The summed E-state index contributed by atoms with van der Waals surface area (Å²) in [5.74, 6) is 1.67. The average Bonchev–Trinajstić information content (AvgIpc) is 2.40. The minimum atomic E-state index is 0.684. The fourth-order valence-electron chi connectivity index (χ4n) is 1.82. The maximum atomic E-state index is 6.06. The lowest BCUT2D eigenvalue weighted by Gasteiger charge is -2.13. The largest absolute Gasteiger partial charge is 0.457 e. The van der Waals surface area contributed by atoms with E-state index in [-0.39, 0.29) is 0 Å². The van der Waals surface area contributed by atoms with Crippen LogP contribution in [-0.4, -0.2) is 6.54 Å². The molecule has 2 aromatic rings. The minimum Gasteiger partial charge on any atom is -0.457 e. The van der Waals surface area contributed by atoms with Gasteiger partial charge >= 0.3 is 0 Å². The van der Waals surface area contributed by atoms with Gasteiger partial charge in [-0.05, 0) is 37.2 Å². The predicted octanol–water partition coefficient (Wildman–Crippen LogP) is 4.55. The summed E-state index contributed by atoms with van der Waals surface area (Å²) < 4.78 is 5.99. The SMILES string of the molecule is CCNCc1ccc(Cl)cc1Oc1ccccc1C. The Morgan fingerprint density at radius 2 is 1.89 bits per heavy atom. The molecule has 0 saturated carbocycles. The third-order valence-electron chi connectivity index (χ3n) is 2.91. The zero-order valence-electron chi connectivity index (χ0n) is 11.2. The van der Waals surface area contributed by atoms with Crippen LogP contribution in [0.1, 0.15) is 18.1 Å². The number of ether oxygens (including phenoxy) is 1. The van der Waals surface area contributed by atoms with E-state index in [2.05, 4.69) is 12.2 Å². The average molecular weight is 276 g/mol. The number of nitrogens with one attached hydrogen (secondary N) is 1. The maximum absolute atomic E-state index is 6.06. The summed E-state index contributed by atoms with van der Waals surface area (Å²) in [7, 11) is 0. The molecule has 100 valence electrons. The van der Waals surface area contributed by atoms with Crippen LogP contribution in [0.5, 0.6) is 11.5 Å². The summed E-state index contributed by atoms with van der Waals surface area (Å²) >= 11 is 6.06. The molecular formula is C16H18ClNO. The predicted molar refractivity (Wildman–Crippen MR) is 80.1 cm³/mol. The molecule has 2 aromatic carbocycles. The second-order valence-corrected chi connectivity index (χ2v) is 4.84. The number of para-hydroxylation sites is 1. The smallest absolute Gasteiger partial charge is 0.133 e. The van der Waals surface area contributed by atoms with Crippen LogP contribution in [0.15, 0.2) is 42.5 Å². The highest BCUT2D eigenvalue weighted by Gasteiger charge is 2.07. The van der Waals surface area contributed by atoms with Crippen LogP contribution in [0, 0.1) is 6.92 Å². The van der Waals surface area contributed by atoms with E-state index in [1.807, 2.05) is 49.4 Å². The lowest BCUT2D eigenvalue weighted by Crippen LogP contribution is -2.12. The molecule has 2 rings (SSSR count). The molecule has 0 amide bonds. The number of hydrogen-bond acceptors (Lipinski definition) is 2. The van der Waals surface area contributed by atoms with Gasteiger partial charge in [-0.1, -0.05) is 42.8 Å². The number of aryl methyl sites for hydroxylation is 1. The molecular weight excluding hydrogens is 258 g/mol. The summed E-state index contributed by atoms with van der Waals surface area (Å²) in [5.41, 5.74) is 2.21. The molecule has 2 nitrogen and oxygen atoms in total. The van der Waals surface area contributed by atoms with Gasteiger partial charge in [-0.25, -0.2) is 0 Å². The molecule has 0 aromatic heterocycles. The van der Waals surface area contributed by atoms with E-state index in [9.17, 15) is 0 Å². The topological polar surface area (TPSA) is 21.3 Å². The van der Waals surface area contributed by atoms with Crippen molar-refractivity contribution in [1.82, 2.24) is 5.32 Å². The minimum absolute atomic E-state index is 0.684. The standard InChI is InChI=1S/C16H18ClNO/c1-3-18-11-13-8-9-14(17)10-16(13)19-15-7-5-4-6-12(15)2/h4-10,18H,3,11H2,1-2H3. The first-order chi connectivity index (χ1) is 9.20. The normalized spacial score (nSPS) is 10.5. The summed E-state index contributed by atoms with van der Waals surface area (Å²) in [4.78, 5) is 0. The number of rotatable bonds is 5. The van der Waals surface area contributed by atoms with Crippen molar-refractivity contribution in [2.75, 3.05) is 6.54 Å². The van der Waals surface area contributed by atoms with Crippen LogP contribution in [0.25, 0.3) is 0 Å². The van der Waals surface area contributed by atoms with Crippen molar-refractivity contribution in [3.63, 3.8) is 0 Å². The van der Waals surface area contributed by atoms with Crippen molar-refractivity contribution in [3.05, 3.63) is 58.6 Å². The van der Waals surface area contributed by atoms with Gasteiger partial charge < -0.3 is 10.1 Å². The van der Waals surface area contributed by atoms with E-state index in [1.165, 1.54) is 0 Å². The molecule has 0 aliphatic carbocycles. The van der Waals surface area contributed by atoms with E-state index in [1.54, 1.807) is 0 Å². The molecule has 0 spiro atoms. The number of hydrogen-bond donors (Lipinski definition) is 1. The van der Waals surface area contributed by atoms with E-state index < -0.39 is 0 Å². The third kappa shape index (κ3) is 3.72. The Labute approximate surface area is 119 Å². The van der Waals surface area contributed by atoms with Crippen molar-refractivity contribution in [1.29, 1.82) is 0 Å². The van der Waals surface area contributed by atoms with Gasteiger partial charge in [-0.2, -0.15) is 0 Å². The maximum Gasteiger partial charge on any atom is 0.133 e. The Kier molecular flexibility index (Phi) is 4.83. The summed E-state index contributed by atoms with van der Waals surface area (Å²) in [6.07, 6.45) is 0. The van der Waals surface area contributed by atoms with Crippen molar-refractivity contribution < 1.29 is 4.74 Å². The van der Waals surface area contributed by atoms with Crippen LogP contribution >= 0.6 is 11.6 Å². The molecule has 0 unspecified atom stereocenters. The Hall–Kier alpha value is -1.51. The molecule has 0 heterocycles. The Bertz CT molecular complexity index is 554. The molecule has 0 saturated heterocycles. The first-order valence-electron chi connectivity index (χ1n) is 6.43. The molecule has 3 heteroatoms. The van der Waals surface area contributed by atoms with Gasteiger partial charge in [0, 0.05) is 17.1 Å². The lowest BCUT2D eigenvalue weighted by molar-refractivity contribution is 0.470. The van der Waals surface area contributed by atoms with E-state index >= 15 is 0 Å². The Morgan fingerprint density at radius 1 is 1.11 bits per heavy atom. The molecule has 19 heavy (non-hydrogen) atoms. The van der Waals surface area contributed by atoms with Gasteiger partial charge in [0.2, 0.25) is 0 Å². The Balaban J connectivity index is 2.27. The number of benzene rings is 2. The first kappa shape index (κ1) is 13.9. The zero-order valence-corrected chi connectivity index (χ0v) is 12.0. The molecule has 0 bridgehead atoms. The number of halogens is 1. The van der Waals surface area contributed by atoms with E-state index in [4.69, 9.17) is 16.3 Å². The van der Waals surface area contributed by atoms with Gasteiger partial charge in [0.05, 0.1) is 0 Å². The molecule has 0 aliphatic rings. The first-order valence-corrected chi connectivity index (χ1v) is 6.81. The summed E-state index contributed by atoms with van der Waals surface area (Å²) in [6, 6.07) is 13.7. The summed E-state index contributed by atoms with van der Waals surface area (Å²) in [6.45, 7) is 5.81. The van der Waals surface area contributed by atoms with Crippen LogP contribution < -0.4 is 10.1 Å². The van der Waals surface area contributed by atoms with Crippen LogP contribution in [0.3, 0.4) is 0 Å². The molecule has 0 fully saturated rings. The fourth-order valence-corrected chi connectivity index (χ4v) is 1.98. The second kappa shape index (κ2) is 6.60. The van der Waals surface area contributed by atoms with Gasteiger partial charge in [0.15, 0.2) is 0 Å². The van der Waals surface area contributed by atoms with Crippen LogP contribution in [-0.2, 0) is 6.54 Å². The highest BCUT2D eigenvalue weighted by atomic mass is 35.5. The van der Waals surface area contributed by atoms with Crippen molar-refractivity contribution in [3.8, 4) is 11.5 Å². The molecule has 0 radical (unpaired) electrons. The van der Waals surface area contributed by atoms with Crippen LogP contribution in [0.4, 0.5) is 0 Å². The molecule has 0 atom stereocenters. The lowest BCUT2D eigenvalue weighted by atomic mass is 10.2. The van der Waals surface area contributed by atoms with Crippen molar-refractivity contribution in [2.45, 2.75) is 20.4 Å². The Morgan fingerprint density at radius 3 is 2.63 bits per heavy atom. The molecule has 0 aliphatic heterocycles. The molecule has 1 N–H and O–H groups in total. The van der Waals surface area contributed by atoms with E-state index in [0.717, 1.165) is 35.7 Å². The fraction of sp³-hybridized carbons (Fsp3) is 0.250. The zero-order chi connectivity index (χ0) is 13.7.